The lowest BCUT2D eigenvalue weighted by Crippen LogP contribution is -2.46. The van der Waals surface area contributed by atoms with Crippen LogP contribution >= 0.6 is 0 Å². The van der Waals surface area contributed by atoms with Gasteiger partial charge in [-0.15, -0.1) is 0 Å². The lowest BCUT2D eigenvalue weighted by molar-refractivity contribution is -0.0894. The van der Waals surface area contributed by atoms with E-state index in [0.717, 1.165) is 25.7 Å². The zero-order valence-electron chi connectivity index (χ0n) is 10.4. The Morgan fingerprint density at radius 2 is 2.00 bits per heavy atom. The maximum absolute atomic E-state index is 10.3. The Balaban J connectivity index is 2.15. The number of hydrogen-bond acceptors (Lipinski definition) is 2. The molecule has 0 aromatic heterocycles. The minimum atomic E-state index is -0.324. The second-order valence-corrected chi connectivity index (χ2v) is 6.06. The van der Waals surface area contributed by atoms with Crippen molar-refractivity contribution >= 4 is 0 Å². The number of rotatable bonds is 1. The molecule has 2 heteroatoms. The first-order valence-corrected chi connectivity index (χ1v) is 6.47. The van der Waals surface area contributed by atoms with Crippen LogP contribution in [0.25, 0.3) is 0 Å². The average molecular weight is 224 g/mol. The summed E-state index contributed by atoms with van der Waals surface area (Å²) < 4.78 is 0. The minimum absolute atomic E-state index is 0.0584. The maximum atomic E-state index is 10.3. The average Bonchev–Trinajstić information content (AvgIpc) is 2.60. The van der Waals surface area contributed by atoms with Crippen molar-refractivity contribution in [2.75, 3.05) is 0 Å². The summed E-state index contributed by atoms with van der Waals surface area (Å²) in [6.07, 6.45) is 4.10. The van der Waals surface area contributed by atoms with Crippen LogP contribution in [0, 0.1) is 17.3 Å². The lowest BCUT2D eigenvalue weighted by Gasteiger charge is -2.46. The fourth-order valence-corrected chi connectivity index (χ4v) is 3.84. The second-order valence-electron chi connectivity index (χ2n) is 6.06. The summed E-state index contributed by atoms with van der Waals surface area (Å²) in [7, 11) is 0. The van der Waals surface area contributed by atoms with Crippen molar-refractivity contribution in [2.45, 2.75) is 58.2 Å². The quantitative estimate of drug-likeness (QED) is 0.672. The first kappa shape index (κ1) is 12.1. The molecule has 5 atom stereocenters. The van der Waals surface area contributed by atoms with Gasteiger partial charge in [0.2, 0.25) is 0 Å². The molecule has 1 spiro atoms. The van der Waals surface area contributed by atoms with E-state index < -0.39 is 0 Å². The fourth-order valence-electron chi connectivity index (χ4n) is 3.84. The molecule has 92 valence electrons. The fraction of sp³-hybridized carbons (Fsp3) is 0.857. The first-order chi connectivity index (χ1) is 7.45. The van der Waals surface area contributed by atoms with Crippen LogP contribution < -0.4 is 0 Å². The van der Waals surface area contributed by atoms with Gasteiger partial charge in [-0.25, -0.2) is 0 Å². The number of allylic oxidation sites excluding steroid dienone is 1. The standard InChI is InChI=1S/C14H24O2/c1-9(2)11-4-5-14(8-11)10(3)6-12(15)7-13(14)16/h10-13,15-16H,1,4-8H2,2-3H3/t10-,11-,12+,13+,14+/m1/s1. The van der Waals surface area contributed by atoms with Crippen LogP contribution in [0.1, 0.15) is 46.0 Å². The van der Waals surface area contributed by atoms with Crippen LogP contribution in [-0.4, -0.2) is 22.4 Å². The molecule has 0 heterocycles. The van der Waals surface area contributed by atoms with Gasteiger partial charge >= 0.3 is 0 Å². The molecule has 2 N–H and O–H groups in total. The van der Waals surface area contributed by atoms with Gasteiger partial charge < -0.3 is 10.2 Å². The van der Waals surface area contributed by atoms with E-state index in [-0.39, 0.29) is 17.6 Å². The highest BCUT2D eigenvalue weighted by atomic mass is 16.3. The van der Waals surface area contributed by atoms with E-state index in [1.165, 1.54) is 5.57 Å². The SMILES string of the molecule is C=C(C)[C@@H]1CC[C@]2(C1)[C@H](C)C[C@H](O)C[C@@H]2O. The number of aliphatic hydroxyl groups excluding tert-OH is 2. The van der Waals surface area contributed by atoms with Crippen LogP contribution in [-0.2, 0) is 0 Å². The van der Waals surface area contributed by atoms with Gasteiger partial charge in [-0.2, -0.15) is 0 Å². The van der Waals surface area contributed by atoms with Gasteiger partial charge in [0, 0.05) is 0 Å². The van der Waals surface area contributed by atoms with Crippen molar-refractivity contribution in [3.05, 3.63) is 12.2 Å². The zero-order chi connectivity index (χ0) is 11.9. The normalized spacial score (nSPS) is 48.5. The predicted molar refractivity (Wildman–Crippen MR) is 65.0 cm³/mol. The first-order valence-electron chi connectivity index (χ1n) is 6.47. The van der Waals surface area contributed by atoms with Crippen molar-refractivity contribution in [2.24, 2.45) is 17.3 Å². The Morgan fingerprint density at radius 1 is 1.31 bits per heavy atom. The van der Waals surface area contributed by atoms with Gasteiger partial charge in [0.25, 0.3) is 0 Å². The van der Waals surface area contributed by atoms with Crippen LogP contribution in [0.15, 0.2) is 12.2 Å². The van der Waals surface area contributed by atoms with Gasteiger partial charge in [-0.05, 0) is 56.3 Å². The summed E-state index contributed by atoms with van der Waals surface area (Å²) in [5, 5.41) is 20.0. The van der Waals surface area contributed by atoms with E-state index in [0.29, 0.717) is 18.3 Å². The topological polar surface area (TPSA) is 40.5 Å². The van der Waals surface area contributed by atoms with Crippen molar-refractivity contribution < 1.29 is 10.2 Å². The molecule has 2 nitrogen and oxygen atoms in total. The molecule has 2 aliphatic rings. The molecule has 2 fully saturated rings. The molecule has 0 radical (unpaired) electrons. The van der Waals surface area contributed by atoms with Gasteiger partial charge in [-0.3, -0.25) is 0 Å². The molecular formula is C14H24O2. The van der Waals surface area contributed by atoms with Gasteiger partial charge in [-0.1, -0.05) is 19.1 Å². The molecule has 16 heavy (non-hydrogen) atoms. The van der Waals surface area contributed by atoms with Crippen LogP contribution in [0.4, 0.5) is 0 Å². The molecule has 0 aliphatic heterocycles. The largest absolute Gasteiger partial charge is 0.393 e. The van der Waals surface area contributed by atoms with Crippen molar-refractivity contribution in [3.8, 4) is 0 Å². The summed E-state index contributed by atoms with van der Waals surface area (Å²) in [6.45, 7) is 8.33. The van der Waals surface area contributed by atoms with Crippen LogP contribution in [0.2, 0.25) is 0 Å². The van der Waals surface area contributed by atoms with E-state index >= 15 is 0 Å². The third-order valence-electron chi connectivity index (χ3n) is 5.05. The van der Waals surface area contributed by atoms with Crippen molar-refractivity contribution in [1.82, 2.24) is 0 Å². The third-order valence-corrected chi connectivity index (χ3v) is 5.05. The summed E-state index contributed by atoms with van der Waals surface area (Å²) in [5.74, 6) is 1.00. The minimum Gasteiger partial charge on any atom is -0.393 e. The van der Waals surface area contributed by atoms with Gasteiger partial charge in [0.05, 0.1) is 12.2 Å². The van der Waals surface area contributed by atoms with Crippen molar-refractivity contribution in [3.63, 3.8) is 0 Å². The highest BCUT2D eigenvalue weighted by molar-refractivity contribution is 5.08. The van der Waals surface area contributed by atoms with Gasteiger partial charge in [0.15, 0.2) is 0 Å². The Kier molecular flexibility index (Phi) is 3.15. The summed E-state index contributed by atoms with van der Waals surface area (Å²) >= 11 is 0. The van der Waals surface area contributed by atoms with E-state index in [1.54, 1.807) is 0 Å². The predicted octanol–water partition coefficient (Wildman–Crippen LogP) is 2.50. The number of hydrogen-bond donors (Lipinski definition) is 2. The molecule has 0 saturated heterocycles. The Labute approximate surface area is 98.4 Å². The Morgan fingerprint density at radius 3 is 2.50 bits per heavy atom. The number of aliphatic hydroxyl groups is 2. The van der Waals surface area contributed by atoms with Crippen molar-refractivity contribution in [1.29, 1.82) is 0 Å². The van der Waals surface area contributed by atoms with E-state index in [1.807, 2.05) is 0 Å². The van der Waals surface area contributed by atoms with E-state index in [9.17, 15) is 10.2 Å². The molecular weight excluding hydrogens is 200 g/mol. The van der Waals surface area contributed by atoms with Crippen LogP contribution in [0.3, 0.4) is 0 Å². The molecule has 0 aromatic carbocycles. The van der Waals surface area contributed by atoms with Crippen LogP contribution in [0.5, 0.6) is 0 Å². The second kappa shape index (κ2) is 4.15. The molecule has 2 saturated carbocycles. The molecule has 0 aromatic rings. The Hall–Kier alpha value is -0.340. The third kappa shape index (κ3) is 1.82. The van der Waals surface area contributed by atoms with E-state index in [4.69, 9.17) is 0 Å². The maximum Gasteiger partial charge on any atom is 0.0623 e. The van der Waals surface area contributed by atoms with Gasteiger partial charge in [0.1, 0.15) is 0 Å². The Bertz CT molecular complexity index is 272. The molecule has 2 rings (SSSR count). The monoisotopic (exact) mass is 224 g/mol. The summed E-state index contributed by atoms with van der Waals surface area (Å²) in [6, 6.07) is 0. The smallest absolute Gasteiger partial charge is 0.0623 e. The molecule has 2 aliphatic carbocycles. The summed E-state index contributed by atoms with van der Waals surface area (Å²) in [5.41, 5.74) is 1.31. The summed E-state index contributed by atoms with van der Waals surface area (Å²) in [4.78, 5) is 0. The highest BCUT2D eigenvalue weighted by Gasteiger charge is 2.51. The zero-order valence-corrected chi connectivity index (χ0v) is 10.4. The lowest BCUT2D eigenvalue weighted by atomic mass is 9.63. The molecule has 0 bridgehead atoms. The molecule has 0 unspecified atom stereocenters. The highest BCUT2D eigenvalue weighted by Crippen LogP contribution is 2.55. The molecule has 0 amide bonds. The van der Waals surface area contributed by atoms with E-state index in [2.05, 4.69) is 20.4 Å².